The average Bonchev–Trinajstić information content (AvgIpc) is 3.05. The van der Waals surface area contributed by atoms with Gasteiger partial charge in [-0.15, -0.1) is 0 Å². The van der Waals surface area contributed by atoms with Gasteiger partial charge in [-0.3, -0.25) is 9.48 Å². The van der Waals surface area contributed by atoms with Gasteiger partial charge in [0.25, 0.3) is 5.91 Å². The molecule has 1 saturated carbocycles. The molecule has 1 aromatic heterocycles. The lowest BCUT2D eigenvalue weighted by molar-refractivity contribution is -0.143. The van der Waals surface area contributed by atoms with Gasteiger partial charge in [0.15, 0.2) is 15.5 Å². The topological polar surface area (TPSA) is 81.1 Å². The van der Waals surface area contributed by atoms with Crippen LogP contribution in [0.25, 0.3) is 0 Å². The van der Waals surface area contributed by atoms with Gasteiger partial charge in [0, 0.05) is 25.4 Å². The number of rotatable bonds is 4. The molecule has 124 valence electrons. The van der Waals surface area contributed by atoms with Crippen LogP contribution in [0.2, 0.25) is 0 Å². The minimum Gasteiger partial charge on any atom is -0.347 e. The normalized spacial score (nSPS) is 18.8. The summed E-state index contributed by atoms with van der Waals surface area (Å²) in [6.45, 7) is 1.53. The van der Waals surface area contributed by atoms with Crippen LogP contribution in [0, 0.1) is 0 Å². The number of hydrogen-bond donors (Lipinski definition) is 1. The molecule has 2 rings (SSSR count). The van der Waals surface area contributed by atoms with Crippen molar-refractivity contribution in [2.45, 2.75) is 36.7 Å². The zero-order valence-corrected chi connectivity index (χ0v) is 13.0. The van der Waals surface area contributed by atoms with Gasteiger partial charge in [-0.05, 0) is 19.8 Å². The highest BCUT2D eigenvalue weighted by molar-refractivity contribution is 7.92. The third-order valence-corrected chi connectivity index (χ3v) is 6.26. The van der Waals surface area contributed by atoms with E-state index >= 15 is 0 Å². The Hall–Kier alpha value is -1.58. The first-order valence-corrected chi connectivity index (χ1v) is 8.39. The Morgan fingerprint density at radius 2 is 2.00 bits per heavy atom. The largest absolute Gasteiger partial charge is 0.433 e. The third kappa shape index (κ3) is 2.83. The van der Waals surface area contributed by atoms with Crippen molar-refractivity contribution in [2.24, 2.45) is 7.05 Å². The molecule has 1 aliphatic rings. The second-order valence-electron chi connectivity index (χ2n) is 5.57. The van der Waals surface area contributed by atoms with Crippen molar-refractivity contribution in [2.75, 3.05) is 6.26 Å². The van der Waals surface area contributed by atoms with E-state index in [2.05, 4.69) is 10.4 Å². The van der Waals surface area contributed by atoms with Gasteiger partial charge in [-0.2, -0.15) is 18.3 Å². The molecular formula is C12H16F3N3O3S. The zero-order valence-electron chi connectivity index (χ0n) is 12.2. The van der Waals surface area contributed by atoms with Crippen LogP contribution in [0.15, 0.2) is 6.07 Å². The van der Waals surface area contributed by atoms with Crippen LogP contribution in [0.4, 0.5) is 13.2 Å². The van der Waals surface area contributed by atoms with Crippen molar-refractivity contribution in [3.8, 4) is 0 Å². The van der Waals surface area contributed by atoms with Crippen LogP contribution in [-0.2, 0) is 23.1 Å². The van der Waals surface area contributed by atoms with Gasteiger partial charge in [0.05, 0.1) is 4.75 Å². The molecular weight excluding hydrogens is 323 g/mol. The summed E-state index contributed by atoms with van der Waals surface area (Å²) in [5.41, 5.74) is -1.44. The van der Waals surface area contributed by atoms with E-state index in [1.54, 1.807) is 0 Å². The summed E-state index contributed by atoms with van der Waals surface area (Å²) in [4.78, 5) is 12.0. The number of aryl methyl sites for hydroxylation is 1. The highest BCUT2D eigenvalue weighted by Gasteiger charge is 2.56. The third-order valence-electron chi connectivity index (χ3n) is 4.02. The minimum atomic E-state index is -4.61. The summed E-state index contributed by atoms with van der Waals surface area (Å²) in [7, 11) is -2.28. The molecule has 0 aliphatic heterocycles. The molecule has 1 aliphatic carbocycles. The number of carbonyl (C=O) groups is 1. The number of sulfone groups is 1. The zero-order chi connectivity index (χ0) is 16.9. The Labute approximate surface area is 125 Å². The monoisotopic (exact) mass is 339 g/mol. The van der Waals surface area contributed by atoms with E-state index in [1.165, 1.54) is 6.92 Å². The van der Waals surface area contributed by atoms with Crippen LogP contribution in [0.1, 0.15) is 35.9 Å². The first kappa shape index (κ1) is 16.8. The maximum atomic E-state index is 12.7. The molecule has 22 heavy (non-hydrogen) atoms. The summed E-state index contributed by atoms with van der Waals surface area (Å²) in [5.74, 6) is -0.825. The molecule has 1 amide bonds. The van der Waals surface area contributed by atoms with Crippen LogP contribution in [0.3, 0.4) is 0 Å². The van der Waals surface area contributed by atoms with Crippen LogP contribution in [-0.4, -0.2) is 41.2 Å². The molecule has 10 heteroatoms. The van der Waals surface area contributed by atoms with Crippen molar-refractivity contribution in [1.29, 1.82) is 0 Å². The predicted octanol–water partition coefficient (Wildman–Crippen LogP) is 1.13. The lowest BCUT2D eigenvalue weighted by atomic mass is 10.2. The number of alkyl halides is 3. The molecule has 0 bridgehead atoms. The van der Waals surface area contributed by atoms with Crippen molar-refractivity contribution in [1.82, 2.24) is 15.1 Å². The fourth-order valence-corrected chi connectivity index (χ4v) is 4.04. The summed E-state index contributed by atoms with van der Waals surface area (Å²) >= 11 is 0. The highest BCUT2D eigenvalue weighted by atomic mass is 32.2. The smallest absolute Gasteiger partial charge is 0.347 e. The minimum absolute atomic E-state index is 0.397. The van der Waals surface area contributed by atoms with Crippen molar-refractivity contribution in [3.63, 3.8) is 0 Å². The maximum absolute atomic E-state index is 12.7. The van der Waals surface area contributed by atoms with Crippen molar-refractivity contribution < 1.29 is 26.4 Å². The molecule has 0 aromatic carbocycles. The quantitative estimate of drug-likeness (QED) is 0.892. The van der Waals surface area contributed by atoms with E-state index in [1.807, 2.05) is 0 Å². The Kier molecular flexibility index (Phi) is 3.79. The first-order valence-electron chi connectivity index (χ1n) is 6.50. The number of nitrogens with one attached hydrogen (secondary N) is 1. The number of carbonyl (C=O) groups excluding carboxylic acids is 1. The van der Waals surface area contributed by atoms with Crippen molar-refractivity contribution in [3.05, 3.63) is 17.5 Å². The summed E-state index contributed by atoms with van der Waals surface area (Å²) in [6, 6.07) is -0.0615. The Morgan fingerprint density at radius 3 is 2.36 bits per heavy atom. The molecule has 0 radical (unpaired) electrons. The van der Waals surface area contributed by atoms with Gasteiger partial charge in [0.1, 0.15) is 5.69 Å². The Balaban J connectivity index is 2.17. The fourth-order valence-electron chi connectivity index (χ4n) is 2.49. The molecule has 1 N–H and O–H groups in total. The number of hydrogen-bond acceptors (Lipinski definition) is 4. The van der Waals surface area contributed by atoms with Gasteiger partial charge in [-0.1, -0.05) is 0 Å². The van der Waals surface area contributed by atoms with E-state index < -0.39 is 44.1 Å². The van der Waals surface area contributed by atoms with Gasteiger partial charge in [-0.25, -0.2) is 8.42 Å². The van der Waals surface area contributed by atoms with E-state index in [4.69, 9.17) is 0 Å². The molecule has 0 spiro atoms. The molecule has 1 unspecified atom stereocenters. The van der Waals surface area contributed by atoms with E-state index in [0.29, 0.717) is 23.6 Å². The van der Waals surface area contributed by atoms with E-state index in [9.17, 15) is 26.4 Å². The predicted molar refractivity (Wildman–Crippen MR) is 71.9 cm³/mol. The van der Waals surface area contributed by atoms with Crippen LogP contribution < -0.4 is 5.32 Å². The highest BCUT2D eigenvalue weighted by Crippen LogP contribution is 2.46. The average molecular weight is 339 g/mol. The number of aromatic nitrogens is 2. The molecule has 1 aromatic rings. The molecule has 6 nitrogen and oxygen atoms in total. The lowest BCUT2D eigenvalue weighted by Gasteiger charge is -2.22. The van der Waals surface area contributed by atoms with Gasteiger partial charge in [0.2, 0.25) is 0 Å². The lowest BCUT2D eigenvalue weighted by Crippen LogP contribution is -2.46. The second kappa shape index (κ2) is 4.97. The standard InChI is InChI=1S/C12H16F3N3O3S/c1-7(11(4-5-11)22(3,20)21)16-10(19)8-6-9(12(13,14)15)18(2)17-8/h6-7H,4-5H2,1-3H3,(H,16,19). The number of halogens is 3. The summed E-state index contributed by atoms with van der Waals surface area (Å²) < 4.78 is 61.1. The first-order chi connectivity index (χ1) is 9.88. The van der Waals surface area contributed by atoms with Gasteiger partial charge < -0.3 is 5.32 Å². The molecule has 0 saturated heterocycles. The summed E-state index contributed by atoms with van der Waals surface area (Å²) in [5, 5.41) is 5.97. The summed E-state index contributed by atoms with van der Waals surface area (Å²) in [6.07, 6.45) is -2.69. The van der Waals surface area contributed by atoms with Crippen LogP contribution >= 0.6 is 0 Å². The SMILES string of the molecule is CC(NC(=O)c1cc(C(F)(F)F)n(C)n1)C1(S(C)(=O)=O)CC1. The van der Waals surface area contributed by atoms with Crippen LogP contribution in [0.5, 0.6) is 0 Å². The number of amides is 1. The Morgan fingerprint density at radius 1 is 1.45 bits per heavy atom. The molecule has 1 atom stereocenters. The maximum Gasteiger partial charge on any atom is 0.433 e. The van der Waals surface area contributed by atoms with Crippen molar-refractivity contribution >= 4 is 15.7 Å². The second-order valence-corrected chi connectivity index (χ2v) is 7.93. The fraction of sp³-hybridized carbons (Fsp3) is 0.667. The van der Waals surface area contributed by atoms with Gasteiger partial charge >= 0.3 is 6.18 Å². The molecule has 1 fully saturated rings. The Bertz CT molecular complexity index is 705. The number of nitrogens with zero attached hydrogens (tertiary/aromatic N) is 2. The molecule has 1 heterocycles. The van der Waals surface area contributed by atoms with E-state index in [-0.39, 0.29) is 0 Å². The van der Waals surface area contributed by atoms with E-state index in [0.717, 1.165) is 13.3 Å².